The number of hydrogen-bond donors (Lipinski definition) is 0. The highest BCUT2D eigenvalue weighted by Crippen LogP contribution is 2.44. The lowest BCUT2D eigenvalue weighted by Gasteiger charge is -2.08. The van der Waals surface area contributed by atoms with Gasteiger partial charge in [-0.1, -0.05) is 66.2 Å². The molecule has 0 aromatic heterocycles. The van der Waals surface area contributed by atoms with Gasteiger partial charge in [0.15, 0.2) is 9.84 Å². The van der Waals surface area contributed by atoms with Gasteiger partial charge in [-0.15, -0.1) is 0 Å². The van der Waals surface area contributed by atoms with E-state index < -0.39 is 9.84 Å². The normalized spacial score (nSPS) is 11.6. The van der Waals surface area contributed by atoms with E-state index in [1.165, 1.54) is 6.26 Å². The summed E-state index contributed by atoms with van der Waals surface area (Å²) in [5.74, 6) is 0. The van der Waals surface area contributed by atoms with E-state index in [0.29, 0.717) is 9.92 Å². The predicted molar refractivity (Wildman–Crippen MR) is 112 cm³/mol. The Labute approximate surface area is 164 Å². The molecule has 0 unspecified atom stereocenters. The van der Waals surface area contributed by atoms with Crippen molar-refractivity contribution in [3.05, 3.63) is 90.0 Å². The maximum Gasteiger partial charge on any atom is 0.175 e. The van der Waals surface area contributed by atoms with E-state index in [2.05, 4.69) is 18.2 Å². The van der Waals surface area contributed by atoms with Crippen LogP contribution in [0.2, 0.25) is 5.02 Å². The molecule has 27 heavy (non-hydrogen) atoms. The molecule has 4 heteroatoms. The van der Waals surface area contributed by atoms with Crippen LogP contribution in [0, 0.1) is 0 Å². The Bertz CT molecular complexity index is 1180. The number of halogens is 1. The highest BCUT2D eigenvalue weighted by molar-refractivity contribution is 7.90. The molecule has 4 rings (SSSR count). The fourth-order valence-corrected chi connectivity index (χ4v) is 4.08. The largest absolute Gasteiger partial charge is 0.224 e. The van der Waals surface area contributed by atoms with Crippen LogP contribution in [-0.2, 0) is 9.84 Å². The Hall–Kier alpha value is -2.62. The van der Waals surface area contributed by atoms with Crippen LogP contribution >= 0.6 is 11.6 Å². The predicted octanol–water partition coefficient (Wildman–Crippen LogP) is 6.18. The molecule has 0 heterocycles. The average molecular weight is 393 g/mol. The van der Waals surface area contributed by atoms with Crippen LogP contribution in [0.25, 0.3) is 33.4 Å². The summed E-state index contributed by atoms with van der Waals surface area (Å²) < 4.78 is 23.5. The van der Waals surface area contributed by atoms with Crippen molar-refractivity contribution < 1.29 is 8.42 Å². The molecule has 134 valence electrons. The van der Waals surface area contributed by atoms with E-state index >= 15 is 0 Å². The maximum atomic E-state index is 11.8. The highest BCUT2D eigenvalue weighted by atomic mass is 35.5. The standard InChI is InChI=1S/C23H17ClO2S/c1-27(25,26)20-13-9-16(10-14-20)22-15-18-5-3-2-4-6-21(18)23(22)17-7-11-19(24)12-8-17/h2-15H,1H3. The molecule has 0 spiro atoms. The third-order valence-electron chi connectivity index (χ3n) is 4.64. The fraction of sp³-hybridized carbons (Fsp3) is 0.0435. The zero-order chi connectivity index (χ0) is 19.0. The molecule has 2 aromatic carbocycles. The van der Waals surface area contributed by atoms with E-state index in [0.717, 1.165) is 33.4 Å². The summed E-state index contributed by atoms with van der Waals surface area (Å²) in [5.41, 5.74) is 6.51. The molecule has 0 saturated heterocycles. The number of rotatable bonds is 3. The first-order valence-electron chi connectivity index (χ1n) is 8.52. The van der Waals surface area contributed by atoms with Crippen molar-refractivity contribution in [3.8, 4) is 33.4 Å². The molecule has 0 fully saturated rings. The van der Waals surface area contributed by atoms with Gasteiger partial charge in [-0.05, 0) is 63.7 Å². The highest BCUT2D eigenvalue weighted by Gasteiger charge is 2.18. The molecule has 2 aliphatic rings. The number of fused-ring (bicyclic) bond motifs is 1. The molecule has 0 atom stereocenters. The first-order chi connectivity index (χ1) is 12.9. The Morgan fingerprint density at radius 1 is 0.667 bits per heavy atom. The van der Waals surface area contributed by atoms with E-state index in [9.17, 15) is 8.42 Å². The van der Waals surface area contributed by atoms with Crippen molar-refractivity contribution in [2.45, 2.75) is 4.90 Å². The van der Waals surface area contributed by atoms with E-state index in [4.69, 9.17) is 11.6 Å². The Morgan fingerprint density at radius 3 is 1.96 bits per heavy atom. The smallest absolute Gasteiger partial charge is 0.175 e. The minimum Gasteiger partial charge on any atom is -0.224 e. The summed E-state index contributed by atoms with van der Waals surface area (Å²) in [6.45, 7) is 0. The summed E-state index contributed by atoms with van der Waals surface area (Å²) in [4.78, 5) is 0.321. The van der Waals surface area contributed by atoms with Crippen LogP contribution in [0.4, 0.5) is 0 Å². The zero-order valence-corrected chi connectivity index (χ0v) is 16.3. The molecule has 0 N–H and O–H groups in total. The fourth-order valence-electron chi connectivity index (χ4n) is 3.32. The lowest BCUT2D eigenvalue weighted by molar-refractivity contribution is 0.602. The summed E-state index contributed by atoms with van der Waals surface area (Å²) in [6, 6.07) is 27.2. The Balaban J connectivity index is 1.96. The first-order valence-corrected chi connectivity index (χ1v) is 10.8. The average Bonchev–Trinajstić information content (AvgIpc) is 2.84. The van der Waals surface area contributed by atoms with Crippen molar-refractivity contribution in [1.82, 2.24) is 0 Å². The third kappa shape index (κ3) is 3.48. The quantitative estimate of drug-likeness (QED) is 0.417. The number of sulfone groups is 1. The molecule has 0 bridgehead atoms. The topological polar surface area (TPSA) is 34.1 Å². The van der Waals surface area contributed by atoms with Crippen LogP contribution < -0.4 is 0 Å². The first kappa shape index (κ1) is 17.8. The van der Waals surface area contributed by atoms with Gasteiger partial charge in [0.05, 0.1) is 4.90 Å². The second-order valence-electron chi connectivity index (χ2n) is 6.52. The molecule has 0 aliphatic heterocycles. The SMILES string of the molecule is CS(=O)(=O)c1ccc(-c2cc3cccccc-3c2-c2ccc(Cl)cc2)cc1. The number of hydrogen-bond acceptors (Lipinski definition) is 2. The minimum absolute atomic E-state index is 0.321. The van der Waals surface area contributed by atoms with Gasteiger partial charge in [0, 0.05) is 11.3 Å². The monoisotopic (exact) mass is 392 g/mol. The van der Waals surface area contributed by atoms with E-state index in [1.807, 2.05) is 54.6 Å². The van der Waals surface area contributed by atoms with Gasteiger partial charge >= 0.3 is 0 Å². The minimum atomic E-state index is -3.22. The van der Waals surface area contributed by atoms with Crippen LogP contribution in [0.1, 0.15) is 0 Å². The molecule has 2 aromatic rings. The van der Waals surface area contributed by atoms with Gasteiger partial charge in [-0.2, -0.15) is 0 Å². The lowest BCUT2D eigenvalue weighted by atomic mass is 9.96. The molecule has 0 amide bonds. The van der Waals surface area contributed by atoms with Crippen LogP contribution in [0.15, 0.2) is 89.8 Å². The van der Waals surface area contributed by atoms with Gasteiger partial charge in [-0.25, -0.2) is 8.42 Å². The van der Waals surface area contributed by atoms with Crippen LogP contribution in [0.5, 0.6) is 0 Å². The van der Waals surface area contributed by atoms with Gasteiger partial charge in [0.2, 0.25) is 0 Å². The summed E-state index contributed by atoms with van der Waals surface area (Å²) in [7, 11) is -3.22. The van der Waals surface area contributed by atoms with Crippen LogP contribution in [0.3, 0.4) is 0 Å². The van der Waals surface area contributed by atoms with Crippen molar-refractivity contribution in [3.63, 3.8) is 0 Å². The molecular formula is C23H17ClO2S. The van der Waals surface area contributed by atoms with Crippen molar-refractivity contribution in [2.75, 3.05) is 6.26 Å². The summed E-state index contributed by atoms with van der Waals surface area (Å²) >= 11 is 6.07. The molecule has 0 radical (unpaired) electrons. The van der Waals surface area contributed by atoms with E-state index in [1.54, 1.807) is 12.1 Å². The lowest BCUT2D eigenvalue weighted by Crippen LogP contribution is -1.96. The summed E-state index contributed by atoms with van der Waals surface area (Å²) in [6.07, 6.45) is 1.22. The van der Waals surface area contributed by atoms with E-state index in [-0.39, 0.29) is 0 Å². The van der Waals surface area contributed by atoms with Gasteiger partial charge in [-0.3, -0.25) is 0 Å². The Morgan fingerprint density at radius 2 is 1.30 bits per heavy atom. The van der Waals surface area contributed by atoms with Gasteiger partial charge in [0.25, 0.3) is 0 Å². The molecule has 0 saturated carbocycles. The third-order valence-corrected chi connectivity index (χ3v) is 6.02. The van der Waals surface area contributed by atoms with Crippen LogP contribution in [-0.4, -0.2) is 14.7 Å². The maximum absolute atomic E-state index is 11.8. The summed E-state index contributed by atoms with van der Waals surface area (Å²) in [5, 5.41) is 0.694. The molecular weight excluding hydrogens is 376 g/mol. The number of benzene rings is 2. The van der Waals surface area contributed by atoms with Gasteiger partial charge in [0.1, 0.15) is 0 Å². The van der Waals surface area contributed by atoms with Crippen molar-refractivity contribution >= 4 is 21.4 Å². The molecule has 2 aliphatic carbocycles. The van der Waals surface area contributed by atoms with Crippen molar-refractivity contribution in [1.29, 1.82) is 0 Å². The Kier molecular flexibility index (Phi) is 4.50. The van der Waals surface area contributed by atoms with Gasteiger partial charge < -0.3 is 0 Å². The second-order valence-corrected chi connectivity index (χ2v) is 8.97. The second kappa shape index (κ2) is 6.84. The van der Waals surface area contributed by atoms with Crippen molar-refractivity contribution in [2.24, 2.45) is 0 Å². The molecule has 2 nitrogen and oxygen atoms in total. The zero-order valence-electron chi connectivity index (χ0n) is 14.7.